The largest absolute Gasteiger partial charge is 0.341 e. The van der Waals surface area contributed by atoms with Gasteiger partial charge in [0.2, 0.25) is 15.9 Å². The summed E-state index contributed by atoms with van der Waals surface area (Å²) in [5.74, 6) is 1.07. The molecule has 1 spiro atoms. The van der Waals surface area contributed by atoms with Crippen LogP contribution in [0, 0.1) is 17.3 Å². The van der Waals surface area contributed by atoms with Crippen molar-refractivity contribution in [3.05, 3.63) is 0 Å². The first-order chi connectivity index (χ1) is 8.31. The molecule has 0 aromatic carbocycles. The second-order valence-corrected chi connectivity index (χ2v) is 8.34. The first-order valence-electron chi connectivity index (χ1n) is 6.55. The third kappa shape index (κ3) is 1.95. The second kappa shape index (κ2) is 3.70. The zero-order chi connectivity index (χ0) is 13.1. The van der Waals surface area contributed by atoms with Gasteiger partial charge >= 0.3 is 0 Å². The first-order valence-corrected chi connectivity index (χ1v) is 8.40. The molecular formula is C12H20N2O3S. The maximum Gasteiger partial charge on any atom is 0.226 e. The Morgan fingerprint density at radius 1 is 1.28 bits per heavy atom. The maximum atomic E-state index is 12.0. The van der Waals surface area contributed by atoms with E-state index in [9.17, 15) is 13.2 Å². The van der Waals surface area contributed by atoms with Crippen LogP contribution in [-0.2, 0) is 14.8 Å². The Morgan fingerprint density at radius 2 is 1.89 bits per heavy atom. The maximum absolute atomic E-state index is 12.0. The Morgan fingerprint density at radius 3 is 2.33 bits per heavy atom. The summed E-state index contributed by atoms with van der Waals surface area (Å²) in [6.45, 7) is 4.82. The van der Waals surface area contributed by atoms with E-state index >= 15 is 0 Å². The number of carbonyl (C=O) groups excluding carboxylic acids is 1. The fourth-order valence-corrected chi connectivity index (χ4v) is 4.19. The van der Waals surface area contributed by atoms with Crippen LogP contribution in [0.4, 0.5) is 0 Å². The standard InChI is InChI=1S/C12H20N2O3S/c1-9-5-10(9)11(15)13-6-12(7-13)3-4-14(8-12)18(2,16)17/h9-10H,3-8H2,1-2H3/t9-,10-/m1/s1. The van der Waals surface area contributed by atoms with Gasteiger partial charge in [-0.3, -0.25) is 4.79 Å². The SMILES string of the molecule is C[C@@H]1C[C@H]1C(=O)N1CC2(CCN(S(C)(=O)=O)C2)C1. The molecule has 0 aromatic rings. The van der Waals surface area contributed by atoms with Crippen molar-refractivity contribution < 1.29 is 13.2 Å². The molecule has 102 valence electrons. The zero-order valence-electron chi connectivity index (χ0n) is 10.9. The van der Waals surface area contributed by atoms with Gasteiger partial charge in [-0.05, 0) is 18.8 Å². The van der Waals surface area contributed by atoms with Gasteiger partial charge in [0.25, 0.3) is 0 Å². The van der Waals surface area contributed by atoms with Crippen molar-refractivity contribution in [1.29, 1.82) is 0 Å². The highest BCUT2D eigenvalue weighted by molar-refractivity contribution is 7.88. The Bertz CT molecular complexity index is 482. The smallest absolute Gasteiger partial charge is 0.226 e. The molecule has 1 aliphatic carbocycles. The van der Waals surface area contributed by atoms with Crippen molar-refractivity contribution in [3.8, 4) is 0 Å². The normalized spacial score (nSPS) is 34.7. The van der Waals surface area contributed by atoms with E-state index in [4.69, 9.17) is 0 Å². The van der Waals surface area contributed by atoms with E-state index < -0.39 is 10.0 Å². The van der Waals surface area contributed by atoms with Crippen LogP contribution in [-0.4, -0.2) is 56.0 Å². The highest BCUT2D eigenvalue weighted by Gasteiger charge is 2.53. The molecule has 0 bridgehead atoms. The highest BCUT2D eigenvalue weighted by atomic mass is 32.2. The molecule has 0 unspecified atom stereocenters. The molecule has 5 nitrogen and oxygen atoms in total. The number of rotatable bonds is 2. The molecule has 0 N–H and O–H groups in total. The fraction of sp³-hybridized carbons (Fsp3) is 0.917. The summed E-state index contributed by atoms with van der Waals surface area (Å²) in [6, 6.07) is 0. The lowest BCUT2D eigenvalue weighted by atomic mass is 9.79. The first kappa shape index (κ1) is 12.4. The molecule has 1 amide bonds. The Balaban J connectivity index is 1.57. The van der Waals surface area contributed by atoms with Crippen LogP contribution in [0.25, 0.3) is 0 Å². The molecule has 2 heterocycles. The van der Waals surface area contributed by atoms with Crippen molar-refractivity contribution in [2.75, 3.05) is 32.4 Å². The Labute approximate surface area is 108 Å². The lowest BCUT2D eigenvalue weighted by Gasteiger charge is -2.48. The fourth-order valence-electron chi connectivity index (χ4n) is 3.26. The molecule has 3 aliphatic rings. The minimum absolute atomic E-state index is 0.0524. The van der Waals surface area contributed by atoms with Gasteiger partial charge in [0.05, 0.1) is 6.26 Å². The third-order valence-corrected chi connectivity index (χ3v) is 5.91. The molecule has 0 radical (unpaired) electrons. The predicted octanol–water partition coefficient (Wildman–Crippen LogP) is 0.136. The summed E-state index contributed by atoms with van der Waals surface area (Å²) in [7, 11) is -3.07. The molecule has 3 rings (SSSR count). The van der Waals surface area contributed by atoms with Crippen LogP contribution in [0.5, 0.6) is 0 Å². The molecule has 1 saturated carbocycles. The molecule has 18 heavy (non-hydrogen) atoms. The molecule has 2 atom stereocenters. The van der Waals surface area contributed by atoms with Gasteiger partial charge in [-0.1, -0.05) is 6.92 Å². The van der Waals surface area contributed by atoms with E-state index in [-0.39, 0.29) is 17.2 Å². The lowest BCUT2D eigenvalue weighted by Crippen LogP contribution is -2.60. The Hall–Kier alpha value is -0.620. The number of likely N-dealkylation sites (tertiary alicyclic amines) is 1. The second-order valence-electron chi connectivity index (χ2n) is 6.36. The number of hydrogen-bond acceptors (Lipinski definition) is 3. The molecule has 0 aromatic heterocycles. The molecule has 2 aliphatic heterocycles. The van der Waals surface area contributed by atoms with Gasteiger partial charge in [0.1, 0.15) is 0 Å². The molecular weight excluding hydrogens is 252 g/mol. The van der Waals surface area contributed by atoms with Gasteiger partial charge in [-0.15, -0.1) is 0 Å². The minimum atomic E-state index is -3.07. The monoisotopic (exact) mass is 272 g/mol. The van der Waals surface area contributed by atoms with E-state index in [1.807, 2.05) is 4.90 Å². The predicted molar refractivity (Wildman–Crippen MR) is 67.3 cm³/mol. The number of carbonyl (C=O) groups is 1. The number of amides is 1. The average Bonchev–Trinajstić information content (AvgIpc) is 2.78. The van der Waals surface area contributed by atoms with Gasteiger partial charge in [-0.2, -0.15) is 0 Å². The van der Waals surface area contributed by atoms with Crippen LogP contribution < -0.4 is 0 Å². The summed E-state index contributed by atoms with van der Waals surface area (Å²) >= 11 is 0. The number of sulfonamides is 1. The van der Waals surface area contributed by atoms with E-state index in [0.717, 1.165) is 25.9 Å². The van der Waals surface area contributed by atoms with Crippen LogP contribution in [0.2, 0.25) is 0 Å². The average molecular weight is 272 g/mol. The van der Waals surface area contributed by atoms with Gasteiger partial charge in [0.15, 0.2) is 0 Å². The van der Waals surface area contributed by atoms with Crippen molar-refractivity contribution in [2.24, 2.45) is 17.3 Å². The van der Waals surface area contributed by atoms with Crippen molar-refractivity contribution in [2.45, 2.75) is 19.8 Å². The summed E-state index contributed by atoms with van der Waals surface area (Å²) < 4.78 is 24.5. The summed E-state index contributed by atoms with van der Waals surface area (Å²) in [5.41, 5.74) is 0.0524. The van der Waals surface area contributed by atoms with E-state index in [2.05, 4.69) is 6.92 Å². The highest BCUT2D eigenvalue weighted by Crippen LogP contribution is 2.45. The van der Waals surface area contributed by atoms with Crippen molar-refractivity contribution in [3.63, 3.8) is 0 Å². The summed E-state index contributed by atoms with van der Waals surface area (Å²) in [6.07, 6.45) is 3.18. The Kier molecular flexibility index (Phi) is 2.55. The quantitative estimate of drug-likeness (QED) is 0.718. The van der Waals surface area contributed by atoms with Crippen LogP contribution in [0.1, 0.15) is 19.8 Å². The topological polar surface area (TPSA) is 57.7 Å². The summed E-state index contributed by atoms with van der Waals surface area (Å²) in [5, 5.41) is 0. The third-order valence-electron chi connectivity index (χ3n) is 4.66. The van der Waals surface area contributed by atoms with Crippen LogP contribution in [0.15, 0.2) is 0 Å². The zero-order valence-corrected chi connectivity index (χ0v) is 11.7. The van der Waals surface area contributed by atoms with Crippen molar-refractivity contribution in [1.82, 2.24) is 9.21 Å². The van der Waals surface area contributed by atoms with Gasteiger partial charge in [0, 0.05) is 37.5 Å². The van der Waals surface area contributed by atoms with E-state index in [1.165, 1.54) is 6.26 Å². The lowest BCUT2D eigenvalue weighted by molar-refractivity contribution is -0.144. The number of nitrogens with zero attached hydrogens (tertiary/aromatic N) is 2. The van der Waals surface area contributed by atoms with Gasteiger partial charge in [-0.25, -0.2) is 12.7 Å². The van der Waals surface area contributed by atoms with Crippen LogP contribution in [0.3, 0.4) is 0 Å². The number of hydrogen-bond donors (Lipinski definition) is 0. The van der Waals surface area contributed by atoms with E-state index in [0.29, 0.717) is 19.0 Å². The van der Waals surface area contributed by atoms with Crippen LogP contribution >= 0.6 is 0 Å². The minimum Gasteiger partial charge on any atom is -0.341 e. The van der Waals surface area contributed by atoms with Crippen molar-refractivity contribution >= 4 is 15.9 Å². The molecule has 3 fully saturated rings. The summed E-state index contributed by atoms with van der Waals surface area (Å²) in [4.78, 5) is 13.9. The molecule has 2 saturated heterocycles. The van der Waals surface area contributed by atoms with E-state index in [1.54, 1.807) is 4.31 Å². The van der Waals surface area contributed by atoms with Gasteiger partial charge < -0.3 is 4.90 Å². The molecule has 6 heteroatoms.